The lowest BCUT2D eigenvalue weighted by atomic mass is 10.2. The van der Waals surface area contributed by atoms with E-state index in [2.05, 4.69) is 5.32 Å². The van der Waals surface area contributed by atoms with Crippen molar-refractivity contribution >= 4 is 5.97 Å². The fourth-order valence-electron chi connectivity index (χ4n) is 1.83. The van der Waals surface area contributed by atoms with Crippen LogP contribution in [-0.4, -0.2) is 31.8 Å². The van der Waals surface area contributed by atoms with Crippen LogP contribution in [0.1, 0.15) is 18.4 Å². The maximum absolute atomic E-state index is 12.0. The Bertz CT molecular complexity index is 387. The molecule has 1 aromatic rings. The fraction of sp³-hybridized carbons (Fsp3) is 0.500. The SMILES string of the molecule is COCCNC1(C(=O)OCc2ccccc2)CC1. The van der Waals surface area contributed by atoms with E-state index in [1.54, 1.807) is 7.11 Å². The third-order valence-electron chi connectivity index (χ3n) is 3.12. The first-order chi connectivity index (χ1) is 8.77. The lowest BCUT2D eigenvalue weighted by Crippen LogP contribution is -2.42. The van der Waals surface area contributed by atoms with E-state index in [0.717, 1.165) is 18.4 Å². The van der Waals surface area contributed by atoms with Crippen LogP contribution in [0.5, 0.6) is 0 Å². The van der Waals surface area contributed by atoms with Crippen molar-refractivity contribution in [2.45, 2.75) is 25.0 Å². The molecule has 0 radical (unpaired) electrons. The number of ether oxygens (including phenoxy) is 2. The van der Waals surface area contributed by atoms with Gasteiger partial charge in [0.2, 0.25) is 0 Å². The zero-order valence-corrected chi connectivity index (χ0v) is 10.6. The maximum atomic E-state index is 12.0. The molecule has 1 N–H and O–H groups in total. The monoisotopic (exact) mass is 249 g/mol. The Morgan fingerprint density at radius 3 is 2.67 bits per heavy atom. The second-order valence-corrected chi connectivity index (χ2v) is 4.56. The van der Waals surface area contributed by atoms with Crippen LogP contribution < -0.4 is 5.32 Å². The van der Waals surface area contributed by atoms with Crippen molar-refractivity contribution in [2.24, 2.45) is 0 Å². The van der Waals surface area contributed by atoms with Gasteiger partial charge >= 0.3 is 5.97 Å². The molecule has 1 aliphatic rings. The number of benzene rings is 1. The summed E-state index contributed by atoms with van der Waals surface area (Å²) in [6.45, 7) is 1.62. The Labute approximate surface area is 107 Å². The number of hydrogen-bond acceptors (Lipinski definition) is 4. The van der Waals surface area contributed by atoms with Gasteiger partial charge in [-0.15, -0.1) is 0 Å². The highest BCUT2D eigenvalue weighted by Crippen LogP contribution is 2.36. The van der Waals surface area contributed by atoms with Gasteiger partial charge in [-0.25, -0.2) is 0 Å². The van der Waals surface area contributed by atoms with Crippen LogP contribution in [0, 0.1) is 0 Å². The normalized spacial score (nSPS) is 16.3. The van der Waals surface area contributed by atoms with E-state index in [1.807, 2.05) is 30.3 Å². The lowest BCUT2D eigenvalue weighted by Gasteiger charge is -2.16. The van der Waals surface area contributed by atoms with E-state index in [1.165, 1.54) is 0 Å². The number of rotatable bonds is 7. The number of esters is 1. The minimum absolute atomic E-state index is 0.151. The quantitative estimate of drug-likeness (QED) is 0.587. The molecule has 4 heteroatoms. The second-order valence-electron chi connectivity index (χ2n) is 4.56. The highest BCUT2D eigenvalue weighted by molar-refractivity contribution is 5.84. The summed E-state index contributed by atoms with van der Waals surface area (Å²) in [4.78, 5) is 12.0. The molecule has 1 fully saturated rings. The number of carbonyl (C=O) groups excluding carboxylic acids is 1. The van der Waals surface area contributed by atoms with Crippen LogP contribution in [0.15, 0.2) is 30.3 Å². The Balaban J connectivity index is 1.78. The van der Waals surface area contributed by atoms with Gasteiger partial charge in [-0.05, 0) is 18.4 Å². The summed E-state index contributed by atoms with van der Waals surface area (Å²) in [5.41, 5.74) is 0.561. The molecular weight excluding hydrogens is 230 g/mol. The molecular formula is C14H19NO3. The van der Waals surface area contributed by atoms with Gasteiger partial charge in [0.1, 0.15) is 12.1 Å². The van der Waals surface area contributed by atoms with E-state index >= 15 is 0 Å². The molecule has 18 heavy (non-hydrogen) atoms. The van der Waals surface area contributed by atoms with E-state index < -0.39 is 5.54 Å². The van der Waals surface area contributed by atoms with Gasteiger partial charge in [0, 0.05) is 13.7 Å². The lowest BCUT2D eigenvalue weighted by molar-refractivity contribution is -0.148. The molecule has 4 nitrogen and oxygen atoms in total. The molecule has 0 heterocycles. The van der Waals surface area contributed by atoms with Crippen LogP contribution in [0.2, 0.25) is 0 Å². The average Bonchev–Trinajstić information content (AvgIpc) is 3.19. The molecule has 0 saturated heterocycles. The van der Waals surface area contributed by atoms with E-state index in [9.17, 15) is 4.79 Å². The van der Waals surface area contributed by atoms with Gasteiger partial charge in [0.15, 0.2) is 0 Å². The molecule has 1 aliphatic carbocycles. The molecule has 98 valence electrons. The van der Waals surface area contributed by atoms with Crippen LogP contribution in [0.3, 0.4) is 0 Å². The molecule has 0 spiro atoms. The fourth-order valence-corrected chi connectivity index (χ4v) is 1.83. The molecule has 0 unspecified atom stereocenters. The minimum Gasteiger partial charge on any atom is -0.459 e. The van der Waals surface area contributed by atoms with Crippen molar-refractivity contribution in [1.29, 1.82) is 0 Å². The van der Waals surface area contributed by atoms with E-state index in [-0.39, 0.29) is 5.97 Å². The smallest absolute Gasteiger partial charge is 0.326 e. The number of carbonyl (C=O) groups is 1. The Morgan fingerprint density at radius 1 is 1.33 bits per heavy atom. The third-order valence-corrected chi connectivity index (χ3v) is 3.12. The molecule has 1 saturated carbocycles. The average molecular weight is 249 g/mol. The first-order valence-electron chi connectivity index (χ1n) is 6.22. The van der Waals surface area contributed by atoms with Gasteiger partial charge in [-0.3, -0.25) is 10.1 Å². The topological polar surface area (TPSA) is 47.6 Å². The van der Waals surface area contributed by atoms with Crippen LogP contribution >= 0.6 is 0 Å². The van der Waals surface area contributed by atoms with Gasteiger partial charge < -0.3 is 9.47 Å². The van der Waals surface area contributed by atoms with Gasteiger partial charge in [-0.1, -0.05) is 30.3 Å². The van der Waals surface area contributed by atoms with Crippen LogP contribution in [0.25, 0.3) is 0 Å². The number of methoxy groups -OCH3 is 1. The zero-order chi connectivity index (χ0) is 12.8. The van der Waals surface area contributed by atoms with Crippen molar-refractivity contribution in [1.82, 2.24) is 5.32 Å². The first-order valence-corrected chi connectivity index (χ1v) is 6.22. The standard InChI is InChI=1S/C14H19NO3/c1-17-10-9-15-14(7-8-14)13(16)18-11-12-5-3-2-4-6-12/h2-6,15H,7-11H2,1H3. The number of hydrogen-bond donors (Lipinski definition) is 1. The molecule has 0 atom stereocenters. The minimum atomic E-state index is -0.451. The largest absolute Gasteiger partial charge is 0.459 e. The summed E-state index contributed by atoms with van der Waals surface area (Å²) in [7, 11) is 1.65. The molecule has 0 bridgehead atoms. The van der Waals surface area contributed by atoms with Gasteiger partial charge in [-0.2, -0.15) is 0 Å². The summed E-state index contributed by atoms with van der Waals surface area (Å²) < 4.78 is 10.3. The summed E-state index contributed by atoms with van der Waals surface area (Å²) in [6.07, 6.45) is 1.70. The summed E-state index contributed by atoms with van der Waals surface area (Å²) in [5, 5.41) is 3.21. The van der Waals surface area contributed by atoms with Crippen molar-refractivity contribution < 1.29 is 14.3 Å². The van der Waals surface area contributed by atoms with Crippen molar-refractivity contribution in [3.63, 3.8) is 0 Å². The first kappa shape index (κ1) is 13.1. The summed E-state index contributed by atoms with van der Waals surface area (Å²) in [5.74, 6) is -0.151. The third kappa shape index (κ3) is 3.31. The molecule has 0 aromatic heterocycles. The van der Waals surface area contributed by atoms with E-state index in [4.69, 9.17) is 9.47 Å². The summed E-state index contributed by atoms with van der Waals surface area (Å²) in [6, 6.07) is 9.72. The van der Waals surface area contributed by atoms with Crippen LogP contribution in [-0.2, 0) is 20.9 Å². The molecule has 2 rings (SSSR count). The number of nitrogens with one attached hydrogen (secondary N) is 1. The van der Waals surface area contributed by atoms with Crippen molar-refractivity contribution in [3.8, 4) is 0 Å². The molecule has 0 aliphatic heterocycles. The molecule has 0 amide bonds. The van der Waals surface area contributed by atoms with E-state index in [0.29, 0.717) is 19.8 Å². The Hall–Kier alpha value is -1.39. The van der Waals surface area contributed by atoms with Gasteiger partial charge in [0.25, 0.3) is 0 Å². The predicted molar refractivity (Wildman–Crippen MR) is 68.1 cm³/mol. The summed E-state index contributed by atoms with van der Waals surface area (Å²) >= 11 is 0. The predicted octanol–water partition coefficient (Wildman–Crippen LogP) is 1.50. The van der Waals surface area contributed by atoms with Crippen molar-refractivity contribution in [3.05, 3.63) is 35.9 Å². The van der Waals surface area contributed by atoms with Gasteiger partial charge in [0.05, 0.1) is 6.61 Å². The highest BCUT2D eigenvalue weighted by Gasteiger charge is 2.50. The highest BCUT2D eigenvalue weighted by atomic mass is 16.5. The zero-order valence-electron chi connectivity index (χ0n) is 10.6. The Morgan fingerprint density at radius 2 is 2.06 bits per heavy atom. The molecule has 1 aromatic carbocycles. The van der Waals surface area contributed by atoms with Crippen molar-refractivity contribution in [2.75, 3.05) is 20.3 Å². The Kier molecular flexibility index (Phi) is 4.33. The maximum Gasteiger partial charge on any atom is 0.326 e. The van der Waals surface area contributed by atoms with Crippen LogP contribution in [0.4, 0.5) is 0 Å². The second kappa shape index (κ2) is 5.98.